The Hall–Kier alpha value is -1.38. The summed E-state index contributed by atoms with van der Waals surface area (Å²) in [5, 5.41) is 0.506. The largest absolute Gasteiger partial charge is 0.324 e. The van der Waals surface area contributed by atoms with Crippen LogP contribution in [-0.4, -0.2) is 0 Å². The van der Waals surface area contributed by atoms with Gasteiger partial charge in [-0.3, -0.25) is 0 Å². The van der Waals surface area contributed by atoms with Crippen LogP contribution in [0.25, 0.3) is 0 Å². The van der Waals surface area contributed by atoms with E-state index in [9.17, 15) is 4.39 Å². The van der Waals surface area contributed by atoms with Crippen molar-refractivity contribution in [2.75, 3.05) is 0 Å². The lowest BCUT2D eigenvalue weighted by Gasteiger charge is -2.14. The molecule has 0 aromatic heterocycles. The monoisotopic (exact) mass is 277 g/mol. The molecule has 0 saturated carbocycles. The summed E-state index contributed by atoms with van der Waals surface area (Å²) in [5.41, 5.74) is 10.1. The topological polar surface area (TPSA) is 26.0 Å². The van der Waals surface area contributed by atoms with Gasteiger partial charge < -0.3 is 5.73 Å². The lowest BCUT2D eigenvalue weighted by molar-refractivity contribution is 0.580. The number of rotatable bonds is 3. The van der Waals surface area contributed by atoms with Crippen LogP contribution in [-0.2, 0) is 6.42 Å². The molecule has 2 aromatic carbocycles. The van der Waals surface area contributed by atoms with Gasteiger partial charge >= 0.3 is 0 Å². The summed E-state index contributed by atoms with van der Waals surface area (Å²) in [6, 6.07) is 10.3. The predicted octanol–water partition coefficient (Wildman–Crippen LogP) is 4.34. The summed E-state index contributed by atoms with van der Waals surface area (Å²) in [5.74, 6) is -0.305. The van der Waals surface area contributed by atoms with E-state index in [0.717, 1.165) is 5.56 Å². The molecule has 2 aromatic rings. The molecule has 1 nitrogen and oxygen atoms in total. The van der Waals surface area contributed by atoms with Gasteiger partial charge in [-0.05, 0) is 55.2 Å². The zero-order chi connectivity index (χ0) is 14.0. The minimum Gasteiger partial charge on any atom is -0.324 e. The van der Waals surface area contributed by atoms with Crippen LogP contribution in [0.1, 0.15) is 28.3 Å². The highest BCUT2D eigenvalue weighted by atomic mass is 35.5. The molecule has 0 saturated heterocycles. The summed E-state index contributed by atoms with van der Waals surface area (Å²) in [4.78, 5) is 0. The maximum atomic E-state index is 13.7. The van der Waals surface area contributed by atoms with Crippen molar-refractivity contribution in [3.05, 3.63) is 69.5 Å². The molecule has 1 unspecified atom stereocenters. The van der Waals surface area contributed by atoms with E-state index in [1.54, 1.807) is 6.07 Å². The van der Waals surface area contributed by atoms with Gasteiger partial charge in [-0.25, -0.2) is 4.39 Å². The Bertz CT molecular complexity index is 595. The summed E-state index contributed by atoms with van der Waals surface area (Å²) in [6.45, 7) is 4.13. The zero-order valence-corrected chi connectivity index (χ0v) is 11.8. The molecule has 0 amide bonds. The Morgan fingerprint density at radius 3 is 2.53 bits per heavy atom. The van der Waals surface area contributed by atoms with Gasteiger partial charge in [0, 0.05) is 16.6 Å². The third kappa shape index (κ3) is 3.34. The minimum absolute atomic E-state index is 0.305. The molecule has 0 aliphatic heterocycles. The van der Waals surface area contributed by atoms with Gasteiger partial charge in [-0.2, -0.15) is 0 Å². The number of nitrogens with two attached hydrogens (primary N) is 1. The fraction of sp³-hybridized carbons (Fsp3) is 0.250. The van der Waals surface area contributed by atoms with Gasteiger partial charge in [0.25, 0.3) is 0 Å². The van der Waals surface area contributed by atoms with Crippen LogP contribution in [0.3, 0.4) is 0 Å². The fourth-order valence-corrected chi connectivity index (χ4v) is 2.27. The third-order valence-corrected chi connectivity index (χ3v) is 3.62. The van der Waals surface area contributed by atoms with Crippen molar-refractivity contribution in [3.63, 3.8) is 0 Å². The van der Waals surface area contributed by atoms with E-state index in [1.165, 1.54) is 23.3 Å². The van der Waals surface area contributed by atoms with E-state index in [-0.39, 0.29) is 11.9 Å². The average molecular weight is 278 g/mol. The lowest BCUT2D eigenvalue weighted by Crippen LogP contribution is -2.15. The molecule has 3 heteroatoms. The summed E-state index contributed by atoms with van der Waals surface area (Å²) in [7, 11) is 0. The molecule has 1 atom stereocenters. The second-order valence-corrected chi connectivity index (χ2v) is 5.33. The van der Waals surface area contributed by atoms with Gasteiger partial charge in [0.15, 0.2) is 0 Å². The lowest BCUT2D eigenvalue weighted by atomic mass is 9.97. The van der Waals surface area contributed by atoms with E-state index in [4.69, 9.17) is 17.3 Å². The normalized spacial score (nSPS) is 12.5. The minimum atomic E-state index is -0.388. The van der Waals surface area contributed by atoms with Crippen molar-refractivity contribution in [2.24, 2.45) is 5.73 Å². The standard InChI is InChI=1S/C16H17ClFN/c1-10-3-4-12(7-11(10)2)8-16(19)14-9-13(17)5-6-15(14)18/h3-7,9,16H,8,19H2,1-2H3. The first-order valence-electron chi connectivity index (χ1n) is 6.24. The highest BCUT2D eigenvalue weighted by Gasteiger charge is 2.13. The smallest absolute Gasteiger partial charge is 0.128 e. The number of benzene rings is 2. The highest BCUT2D eigenvalue weighted by molar-refractivity contribution is 6.30. The highest BCUT2D eigenvalue weighted by Crippen LogP contribution is 2.23. The number of hydrogen-bond acceptors (Lipinski definition) is 1. The molecular formula is C16H17ClFN. The maximum absolute atomic E-state index is 13.7. The Labute approximate surface area is 118 Å². The quantitative estimate of drug-likeness (QED) is 0.887. The van der Waals surface area contributed by atoms with Crippen LogP contribution in [0.2, 0.25) is 5.02 Å². The second kappa shape index (κ2) is 5.72. The molecule has 0 aliphatic carbocycles. The number of aryl methyl sites for hydroxylation is 2. The Morgan fingerprint density at radius 1 is 1.11 bits per heavy atom. The van der Waals surface area contributed by atoms with E-state index in [2.05, 4.69) is 26.0 Å². The molecular weight excluding hydrogens is 261 g/mol. The molecule has 100 valence electrons. The molecule has 19 heavy (non-hydrogen) atoms. The summed E-state index contributed by atoms with van der Waals surface area (Å²) < 4.78 is 13.7. The molecule has 0 heterocycles. The first-order chi connectivity index (χ1) is 8.97. The molecule has 2 rings (SSSR count). The van der Waals surface area contributed by atoms with E-state index in [0.29, 0.717) is 17.0 Å². The molecule has 0 spiro atoms. The average Bonchev–Trinajstić information content (AvgIpc) is 2.36. The molecule has 0 fully saturated rings. The Balaban J connectivity index is 2.22. The summed E-state index contributed by atoms with van der Waals surface area (Å²) >= 11 is 5.89. The van der Waals surface area contributed by atoms with Crippen LogP contribution >= 0.6 is 11.6 Å². The second-order valence-electron chi connectivity index (χ2n) is 4.90. The maximum Gasteiger partial charge on any atom is 0.128 e. The van der Waals surface area contributed by atoms with Crippen LogP contribution in [0, 0.1) is 19.7 Å². The van der Waals surface area contributed by atoms with E-state index in [1.807, 2.05) is 6.07 Å². The van der Waals surface area contributed by atoms with Crippen LogP contribution in [0.5, 0.6) is 0 Å². The Kier molecular flexibility index (Phi) is 4.23. The number of hydrogen-bond donors (Lipinski definition) is 1. The first kappa shape index (κ1) is 14.0. The van der Waals surface area contributed by atoms with E-state index >= 15 is 0 Å². The zero-order valence-electron chi connectivity index (χ0n) is 11.1. The summed E-state index contributed by atoms with van der Waals surface area (Å²) in [6.07, 6.45) is 0.596. The van der Waals surface area contributed by atoms with Crippen LogP contribution in [0.4, 0.5) is 4.39 Å². The van der Waals surface area contributed by atoms with Crippen molar-refractivity contribution in [1.82, 2.24) is 0 Å². The molecule has 0 bridgehead atoms. The van der Waals surface area contributed by atoms with Crippen molar-refractivity contribution in [3.8, 4) is 0 Å². The van der Waals surface area contributed by atoms with Crippen LogP contribution < -0.4 is 5.73 Å². The third-order valence-electron chi connectivity index (χ3n) is 3.38. The SMILES string of the molecule is Cc1ccc(CC(N)c2cc(Cl)ccc2F)cc1C. The van der Waals surface area contributed by atoms with Crippen molar-refractivity contribution < 1.29 is 4.39 Å². The van der Waals surface area contributed by atoms with Crippen LogP contribution in [0.15, 0.2) is 36.4 Å². The first-order valence-corrected chi connectivity index (χ1v) is 6.62. The number of halogens is 2. The molecule has 0 aliphatic rings. The van der Waals surface area contributed by atoms with Gasteiger partial charge in [-0.1, -0.05) is 29.8 Å². The fourth-order valence-electron chi connectivity index (χ4n) is 2.09. The van der Waals surface area contributed by atoms with Gasteiger partial charge in [-0.15, -0.1) is 0 Å². The van der Waals surface area contributed by atoms with Gasteiger partial charge in [0.2, 0.25) is 0 Å². The molecule has 2 N–H and O–H groups in total. The van der Waals surface area contributed by atoms with E-state index < -0.39 is 0 Å². The van der Waals surface area contributed by atoms with Crippen molar-refractivity contribution in [1.29, 1.82) is 0 Å². The van der Waals surface area contributed by atoms with Gasteiger partial charge in [0.1, 0.15) is 5.82 Å². The molecule has 0 radical (unpaired) electrons. The predicted molar refractivity (Wildman–Crippen MR) is 78.0 cm³/mol. The Morgan fingerprint density at radius 2 is 1.84 bits per heavy atom. The van der Waals surface area contributed by atoms with Gasteiger partial charge in [0.05, 0.1) is 0 Å². The van der Waals surface area contributed by atoms with Crippen molar-refractivity contribution >= 4 is 11.6 Å². The van der Waals surface area contributed by atoms with Crippen molar-refractivity contribution in [2.45, 2.75) is 26.3 Å².